The van der Waals surface area contributed by atoms with Gasteiger partial charge in [0.15, 0.2) is 0 Å². The van der Waals surface area contributed by atoms with E-state index in [1.807, 2.05) is 0 Å². The minimum atomic E-state index is -1.09. The highest BCUT2D eigenvalue weighted by molar-refractivity contribution is 5.79. The van der Waals surface area contributed by atoms with E-state index in [2.05, 4.69) is 5.32 Å². The molecule has 0 bridgehead atoms. The molecule has 14 heavy (non-hydrogen) atoms. The van der Waals surface area contributed by atoms with E-state index in [0.29, 0.717) is 19.6 Å². The fourth-order valence-electron chi connectivity index (χ4n) is 1.03. The molecule has 1 saturated heterocycles. The van der Waals surface area contributed by atoms with Crippen LogP contribution in [0.25, 0.3) is 0 Å². The Hall–Kier alpha value is -1.30. The number of hydrogen-bond donors (Lipinski definition) is 2. The Morgan fingerprint density at radius 2 is 2.36 bits per heavy atom. The molecule has 1 heterocycles. The molecule has 1 amide bonds. The fraction of sp³-hybridized carbons (Fsp3) is 0.750. The lowest BCUT2D eigenvalue weighted by molar-refractivity contribution is -0.138. The van der Waals surface area contributed by atoms with Crippen LogP contribution in [-0.2, 0) is 14.3 Å². The zero-order valence-corrected chi connectivity index (χ0v) is 7.86. The summed E-state index contributed by atoms with van der Waals surface area (Å²) in [7, 11) is 0. The standard InChI is InChI=1S/C8H13NO5/c1-5(7(10)11)9-8(12)14-6-2-3-13-4-6/h5-6H,2-4H2,1H3,(H,9,12)(H,10,11)/t5-,6+/m0/s1. The van der Waals surface area contributed by atoms with E-state index in [0.717, 1.165) is 0 Å². The number of carboxylic acids is 1. The lowest BCUT2D eigenvalue weighted by atomic mass is 10.3. The molecule has 80 valence electrons. The van der Waals surface area contributed by atoms with E-state index in [1.54, 1.807) is 0 Å². The third-order valence-electron chi connectivity index (χ3n) is 1.87. The van der Waals surface area contributed by atoms with E-state index in [9.17, 15) is 9.59 Å². The van der Waals surface area contributed by atoms with Crippen molar-refractivity contribution in [1.29, 1.82) is 0 Å². The van der Waals surface area contributed by atoms with Crippen LogP contribution >= 0.6 is 0 Å². The zero-order chi connectivity index (χ0) is 10.6. The monoisotopic (exact) mass is 203 g/mol. The topological polar surface area (TPSA) is 84.9 Å². The van der Waals surface area contributed by atoms with Gasteiger partial charge in [-0.25, -0.2) is 4.79 Å². The third kappa shape index (κ3) is 3.21. The summed E-state index contributed by atoms with van der Waals surface area (Å²) in [5.74, 6) is -1.09. The minimum Gasteiger partial charge on any atom is -0.480 e. The van der Waals surface area contributed by atoms with E-state index in [4.69, 9.17) is 14.6 Å². The van der Waals surface area contributed by atoms with Crippen LogP contribution in [0.2, 0.25) is 0 Å². The van der Waals surface area contributed by atoms with Crippen LogP contribution < -0.4 is 5.32 Å². The molecule has 2 atom stereocenters. The lowest BCUT2D eigenvalue weighted by Crippen LogP contribution is -2.40. The lowest BCUT2D eigenvalue weighted by Gasteiger charge is -2.13. The number of carboxylic acid groups (broad SMARTS) is 1. The van der Waals surface area contributed by atoms with Gasteiger partial charge in [-0.3, -0.25) is 4.79 Å². The smallest absolute Gasteiger partial charge is 0.408 e. The largest absolute Gasteiger partial charge is 0.480 e. The van der Waals surface area contributed by atoms with Gasteiger partial charge in [0.05, 0.1) is 13.2 Å². The van der Waals surface area contributed by atoms with Gasteiger partial charge in [-0.05, 0) is 6.92 Å². The van der Waals surface area contributed by atoms with Crippen molar-refractivity contribution in [3.63, 3.8) is 0 Å². The molecule has 6 heteroatoms. The zero-order valence-electron chi connectivity index (χ0n) is 7.86. The van der Waals surface area contributed by atoms with Crippen LogP contribution in [0.5, 0.6) is 0 Å². The number of hydrogen-bond acceptors (Lipinski definition) is 4. The van der Waals surface area contributed by atoms with Gasteiger partial charge < -0.3 is 19.9 Å². The summed E-state index contributed by atoms with van der Waals surface area (Å²) in [5, 5.41) is 10.7. The van der Waals surface area contributed by atoms with E-state index in [-0.39, 0.29) is 6.10 Å². The van der Waals surface area contributed by atoms with Crippen molar-refractivity contribution in [2.45, 2.75) is 25.5 Å². The van der Waals surface area contributed by atoms with Gasteiger partial charge in [0.2, 0.25) is 0 Å². The molecule has 0 aliphatic carbocycles. The van der Waals surface area contributed by atoms with Crippen LogP contribution in [0.15, 0.2) is 0 Å². The van der Waals surface area contributed by atoms with Crippen LogP contribution in [-0.4, -0.2) is 42.5 Å². The summed E-state index contributed by atoms with van der Waals surface area (Å²) in [6.45, 7) is 2.33. The van der Waals surface area contributed by atoms with Gasteiger partial charge >= 0.3 is 12.1 Å². The molecule has 2 N–H and O–H groups in total. The van der Waals surface area contributed by atoms with Crippen LogP contribution in [0.3, 0.4) is 0 Å². The molecule has 0 saturated carbocycles. The number of aliphatic carboxylic acids is 1. The number of carbonyl (C=O) groups is 2. The third-order valence-corrected chi connectivity index (χ3v) is 1.87. The first-order valence-electron chi connectivity index (χ1n) is 4.37. The molecule has 1 fully saturated rings. The number of nitrogens with one attached hydrogen (secondary N) is 1. The van der Waals surface area contributed by atoms with Gasteiger partial charge in [-0.1, -0.05) is 0 Å². The summed E-state index contributed by atoms with van der Waals surface area (Å²) in [6, 6.07) is -0.940. The Morgan fingerprint density at radius 1 is 1.64 bits per heavy atom. The molecular formula is C8H13NO5. The quantitative estimate of drug-likeness (QED) is 0.673. The van der Waals surface area contributed by atoms with E-state index < -0.39 is 18.1 Å². The molecule has 0 spiro atoms. The average Bonchev–Trinajstić information content (AvgIpc) is 2.56. The normalized spacial score (nSPS) is 22.8. The molecule has 0 aromatic heterocycles. The van der Waals surface area contributed by atoms with Crippen LogP contribution in [0, 0.1) is 0 Å². The van der Waals surface area contributed by atoms with Gasteiger partial charge in [-0.2, -0.15) is 0 Å². The van der Waals surface area contributed by atoms with Crippen molar-refractivity contribution in [2.75, 3.05) is 13.2 Å². The Labute approximate surface area is 81.2 Å². The minimum absolute atomic E-state index is 0.254. The van der Waals surface area contributed by atoms with Crippen molar-refractivity contribution in [3.05, 3.63) is 0 Å². The molecule has 1 aliphatic heterocycles. The summed E-state index contributed by atoms with van der Waals surface area (Å²) in [5.41, 5.74) is 0. The molecule has 1 rings (SSSR count). The maximum atomic E-state index is 11.1. The highest BCUT2D eigenvalue weighted by Crippen LogP contribution is 2.07. The maximum absolute atomic E-state index is 11.1. The number of amides is 1. The molecule has 6 nitrogen and oxygen atoms in total. The Morgan fingerprint density at radius 3 is 2.86 bits per heavy atom. The highest BCUT2D eigenvalue weighted by atomic mass is 16.6. The number of ether oxygens (including phenoxy) is 2. The van der Waals surface area contributed by atoms with Crippen molar-refractivity contribution in [2.24, 2.45) is 0 Å². The van der Waals surface area contributed by atoms with Gasteiger partial charge in [0, 0.05) is 6.42 Å². The SMILES string of the molecule is C[C@H](NC(=O)O[C@@H]1CCOC1)C(=O)O. The van der Waals surface area contributed by atoms with Crippen molar-refractivity contribution < 1.29 is 24.2 Å². The maximum Gasteiger partial charge on any atom is 0.408 e. The van der Waals surface area contributed by atoms with Gasteiger partial charge in [0.25, 0.3) is 0 Å². The van der Waals surface area contributed by atoms with Gasteiger partial charge in [0.1, 0.15) is 12.1 Å². The van der Waals surface area contributed by atoms with Crippen LogP contribution in [0.1, 0.15) is 13.3 Å². The Bertz CT molecular complexity index is 224. The summed E-state index contributed by atoms with van der Waals surface area (Å²) in [6.07, 6.45) is -0.305. The number of alkyl carbamates (subject to hydrolysis) is 1. The molecule has 0 unspecified atom stereocenters. The number of carbonyl (C=O) groups excluding carboxylic acids is 1. The van der Waals surface area contributed by atoms with E-state index >= 15 is 0 Å². The van der Waals surface area contributed by atoms with Crippen LogP contribution in [0.4, 0.5) is 4.79 Å². The molecule has 0 aromatic carbocycles. The summed E-state index contributed by atoms with van der Waals surface area (Å²) in [4.78, 5) is 21.4. The predicted octanol–water partition coefficient (Wildman–Crippen LogP) is -0.0254. The fourth-order valence-corrected chi connectivity index (χ4v) is 1.03. The summed E-state index contributed by atoms with van der Waals surface area (Å²) < 4.78 is 9.88. The van der Waals surface area contributed by atoms with Crippen molar-refractivity contribution >= 4 is 12.1 Å². The van der Waals surface area contributed by atoms with Crippen molar-refractivity contribution in [1.82, 2.24) is 5.32 Å². The second-order valence-corrected chi connectivity index (χ2v) is 3.10. The average molecular weight is 203 g/mol. The van der Waals surface area contributed by atoms with Crippen molar-refractivity contribution in [3.8, 4) is 0 Å². The molecular weight excluding hydrogens is 190 g/mol. The van der Waals surface area contributed by atoms with E-state index in [1.165, 1.54) is 6.92 Å². The first-order valence-corrected chi connectivity index (χ1v) is 4.37. The summed E-state index contributed by atoms with van der Waals surface area (Å²) >= 11 is 0. The number of rotatable bonds is 3. The van der Waals surface area contributed by atoms with Gasteiger partial charge in [-0.15, -0.1) is 0 Å². The molecule has 1 aliphatic rings. The highest BCUT2D eigenvalue weighted by Gasteiger charge is 2.22. The molecule has 0 radical (unpaired) electrons. The second-order valence-electron chi connectivity index (χ2n) is 3.10. The second kappa shape index (κ2) is 4.80. The molecule has 0 aromatic rings. The Kier molecular flexibility index (Phi) is 3.70. The Balaban J connectivity index is 2.24. The first kappa shape index (κ1) is 10.8. The predicted molar refractivity (Wildman–Crippen MR) is 45.9 cm³/mol. The first-order chi connectivity index (χ1) is 6.59.